The summed E-state index contributed by atoms with van der Waals surface area (Å²) in [5.41, 5.74) is 0.937. The number of likely N-dealkylation sites (tertiary alicyclic amines) is 1. The van der Waals surface area contributed by atoms with Gasteiger partial charge in [0.05, 0.1) is 18.0 Å². The number of aryl methyl sites for hydroxylation is 1. The molecule has 110 valence electrons. The third-order valence-corrected chi connectivity index (χ3v) is 3.89. The standard InChI is InChI=1S/C15H22N2O3/c1-12-5-6-15(14(10-12)17(18)19)20-9-8-16-7-3-4-13(2)11-16/h5-6,10,13H,3-4,7-9,11H2,1-2H3/p+1/t13-/m0/s1. The lowest BCUT2D eigenvalue weighted by molar-refractivity contribution is -0.908. The van der Waals surface area contributed by atoms with Gasteiger partial charge >= 0.3 is 5.69 Å². The maximum atomic E-state index is 11.0. The van der Waals surface area contributed by atoms with Crippen molar-refractivity contribution in [2.24, 2.45) is 5.92 Å². The lowest BCUT2D eigenvalue weighted by atomic mass is 10.0. The van der Waals surface area contributed by atoms with Crippen molar-refractivity contribution in [2.75, 3.05) is 26.2 Å². The molecule has 2 atom stereocenters. The van der Waals surface area contributed by atoms with Crippen LogP contribution in [0, 0.1) is 23.0 Å². The molecule has 1 unspecified atom stereocenters. The van der Waals surface area contributed by atoms with Gasteiger partial charge in [0.2, 0.25) is 0 Å². The highest BCUT2D eigenvalue weighted by molar-refractivity contribution is 5.48. The number of hydrogen-bond acceptors (Lipinski definition) is 3. The summed E-state index contributed by atoms with van der Waals surface area (Å²) in [6.07, 6.45) is 2.58. The number of nitrogens with one attached hydrogen (secondary N) is 1. The molecule has 1 saturated heterocycles. The fourth-order valence-electron chi connectivity index (χ4n) is 2.82. The van der Waals surface area contributed by atoms with E-state index in [1.807, 2.05) is 13.0 Å². The maximum Gasteiger partial charge on any atom is 0.311 e. The van der Waals surface area contributed by atoms with Crippen molar-refractivity contribution in [3.8, 4) is 5.75 Å². The van der Waals surface area contributed by atoms with E-state index in [1.165, 1.54) is 25.9 Å². The van der Waals surface area contributed by atoms with Crippen LogP contribution in [0.3, 0.4) is 0 Å². The van der Waals surface area contributed by atoms with Crippen molar-refractivity contribution in [2.45, 2.75) is 26.7 Å². The van der Waals surface area contributed by atoms with E-state index in [4.69, 9.17) is 4.74 Å². The summed E-state index contributed by atoms with van der Waals surface area (Å²) < 4.78 is 5.63. The van der Waals surface area contributed by atoms with Crippen molar-refractivity contribution in [1.82, 2.24) is 0 Å². The van der Waals surface area contributed by atoms with Gasteiger partial charge in [0, 0.05) is 12.0 Å². The number of hydrogen-bond donors (Lipinski definition) is 1. The quantitative estimate of drug-likeness (QED) is 0.658. The van der Waals surface area contributed by atoms with Crippen LogP contribution in [0.1, 0.15) is 25.3 Å². The summed E-state index contributed by atoms with van der Waals surface area (Å²) in [4.78, 5) is 12.2. The molecule has 5 heteroatoms. The first-order valence-corrected chi connectivity index (χ1v) is 7.27. The Balaban J connectivity index is 1.89. The van der Waals surface area contributed by atoms with Crippen LogP contribution in [0.5, 0.6) is 5.75 Å². The zero-order valence-electron chi connectivity index (χ0n) is 12.2. The molecule has 1 heterocycles. The maximum absolute atomic E-state index is 11.0. The summed E-state index contributed by atoms with van der Waals surface area (Å²) in [5, 5.41) is 11.0. The molecule has 1 aliphatic rings. The highest BCUT2D eigenvalue weighted by Gasteiger charge is 2.20. The van der Waals surface area contributed by atoms with Gasteiger partial charge in [0.25, 0.3) is 0 Å². The van der Waals surface area contributed by atoms with E-state index in [1.54, 1.807) is 17.0 Å². The number of ether oxygens (including phenoxy) is 1. The molecule has 20 heavy (non-hydrogen) atoms. The first-order valence-electron chi connectivity index (χ1n) is 7.27. The summed E-state index contributed by atoms with van der Waals surface area (Å²) in [5.74, 6) is 1.15. The zero-order chi connectivity index (χ0) is 14.5. The van der Waals surface area contributed by atoms with Crippen LogP contribution in [0.2, 0.25) is 0 Å². The molecule has 0 saturated carbocycles. The molecule has 1 aliphatic heterocycles. The molecule has 0 radical (unpaired) electrons. The van der Waals surface area contributed by atoms with E-state index in [0.717, 1.165) is 18.0 Å². The van der Waals surface area contributed by atoms with Crippen LogP contribution in [0.4, 0.5) is 5.69 Å². The predicted octanol–water partition coefficient (Wildman–Crippen LogP) is 1.60. The van der Waals surface area contributed by atoms with E-state index < -0.39 is 0 Å². The Labute approximate surface area is 119 Å². The summed E-state index contributed by atoms with van der Waals surface area (Å²) in [6, 6.07) is 5.10. The highest BCUT2D eigenvalue weighted by atomic mass is 16.6. The predicted molar refractivity (Wildman–Crippen MR) is 77.3 cm³/mol. The van der Waals surface area contributed by atoms with Crippen LogP contribution in [-0.2, 0) is 0 Å². The Morgan fingerprint density at radius 1 is 1.50 bits per heavy atom. The lowest BCUT2D eigenvalue weighted by Gasteiger charge is -2.27. The second-order valence-corrected chi connectivity index (χ2v) is 5.78. The minimum absolute atomic E-state index is 0.0620. The smallest absolute Gasteiger partial charge is 0.311 e. The van der Waals surface area contributed by atoms with E-state index in [-0.39, 0.29) is 10.6 Å². The van der Waals surface area contributed by atoms with Gasteiger partial charge in [-0.05, 0) is 31.4 Å². The van der Waals surface area contributed by atoms with Gasteiger partial charge in [0.1, 0.15) is 13.2 Å². The van der Waals surface area contributed by atoms with E-state index >= 15 is 0 Å². The van der Waals surface area contributed by atoms with E-state index in [9.17, 15) is 10.1 Å². The van der Waals surface area contributed by atoms with Crippen molar-refractivity contribution < 1.29 is 14.6 Å². The topological polar surface area (TPSA) is 56.8 Å². The minimum atomic E-state index is -0.377. The Morgan fingerprint density at radius 3 is 3.00 bits per heavy atom. The molecular formula is C15H23N2O3+. The van der Waals surface area contributed by atoms with Crippen molar-refractivity contribution in [3.05, 3.63) is 33.9 Å². The fraction of sp³-hybridized carbons (Fsp3) is 0.600. The molecule has 2 rings (SSSR count). The summed E-state index contributed by atoms with van der Waals surface area (Å²) in [6.45, 7) is 7.94. The SMILES string of the molecule is Cc1ccc(OCC[NH+]2CCC[C@H](C)C2)c([N+](=O)[O-])c1. The number of nitro benzene ring substituents is 1. The Hall–Kier alpha value is -1.62. The normalized spacial score (nSPS) is 22.5. The largest absolute Gasteiger partial charge is 0.481 e. The summed E-state index contributed by atoms with van der Waals surface area (Å²) >= 11 is 0. The Kier molecular flexibility index (Phi) is 4.95. The Bertz CT molecular complexity index is 476. The third kappa shape index (κ3) is 3.93. The molecular weight excluding hydrogens is 256 g/mol. The first kappa shape index (κ1) is 14.8. The fourth-order valence-corrected chi connectivity index (χ4v) is 2.82. The second kappa shape index (κ2) is 6.70. The van der Waals surface area contributed by atoms with Gasteiger partial charge in [-0.3, -0.25) is 10.1 Å². The molecule has 0 spiro atoms. The molecule has 5 nitrogen and oxygen atoms in total. The Morgan fingerprint density at radius 2 is 2.30 bits per heavy atom. The second-order valence-electron chi connectivity index (χ2n) is 5.78. The number of nitro groups is 1. The van der Waals surface area contributed by atoms with Crippen LogP contribution in [-0.4, -0.2) is 31.2 Å². The van der Waals surface area contributed by atoms with Crippen molar-refractivity contribution in [3.63, 3.8) is 0 Å². The van der Waals surface area contributed by atoms with Crippen molar-refractivity contribution >= 4 is 5.69 Å². The monoisotopic (exact) mass is 279 g/mol. The van der Waals surface area contributed by atoms with Crippen LogP contribution in [0.25, 0.3) is 0 Å². The van der Waals surface area contributed by atoms with Gasteiger partial charge in [-0.2, -0.15) is 0 Å². The molecule has 0 aliphatic carbocycles. The number of quaternary nitrogens is 1. The summed E-state index contributed by atoms with van der Waals surface area (Å²) in [7, 11) is 0. The third-order valence-electron chi connectivity index (χ3n) is 3.89. The average molecular weight is 279 g/mol. The van der Waals surface area contributed by atoms with E-state index in [0.29, 0.717) is 12.4 Å². The van der Waals surface area contributed by atoms with Crippen LogP contribution in [0.15, 0.2) is 18.2 Å². The minimum Gasteiger partial charge on any atom is -0.481 e. The number of benzene rings is 1. The molecule has 0 amide bonds. The van der Waals surface area contributed by atoms with Crippen molar-refractivity contribution in [1.29, 1.82) is 0 Å². The van der Waals surface area contributed by atoms with E-state index in [2.05, 4.69) is 6.92 Å². The van der Waals surface area contributed by atoms with Gasteiger partial charge in [-0.15, -0.1) is 0 Å². The molecule has 1 fully saturated rings. The molecule has 1 N–H and O–H groups in total. The van der Waals surface area contributed by atoms with Gasteiger partial charge in [-0.25, -0.2) is 0 Å². The van der Waals surface area contributed by atoms with Gasteiger partial charge in [0.15, 0.2) is 5.75 Å². The molecule has 0 bridgehead atoms. The zero-order valence-corrected chi connectivity index (χ0v) is 12.2. The molecule has 1 aromatic rings. The highest BCUT2D eigenvalue weighted by Crippen LogP contribution is 2.27. The van der Waals surface area contributed by atoms with Gasteiger partial charge < -0.3 is 9.64 Å². The van der Waals surface area contributed by atoms with Crippen LogP contribution < -0.4 is 9.64 Å². The number of rotatable bonds is 5. The first-order chi connectivity index (χ1) is 9.56. The number of piperidine rings is 1. The lowest BCUT2D eigenvalue weighted by Crippen LogP contribution is -3.14. The number of nitrogens with zero attached hydrogens (tertiary/aromatic N) is 1. The average Bonchev–Trinajstić information content (AvgIpc) is 2.40. The van der Waals surface area contributed by atoms with Gasteiger partial charge in [-0.1, -0.05) is 13.0 Å². The molecule has 0 aromatic heterocycles. The van der Waals surface area contributed by atoms with Crippen LogP contribution >= 0.6 is 0 Å². The molecule has 1 aromatic carbocycles.